The molecule has 1 fully saturated rings. The van der Waals surface area contributed by atoms with E-state index in [1.807, 2.05) is 39.0 Å². The fourth-order valence-electron chi connectivity index (χ4n) is 2.50. The summed E-state index contributed by atoms with van der Waals surface area (Å²) in [5.74, 6) is -0.757. The lowest BCUT2D eigenvalue weighted by molar-refractivity contribution is -0.140. The highest BCUT2D eigenvalue weighted by molar-refractivity contribution is 5.89. The van der Waals surface area contributed by atoms with E-state index in [0.29, 0.717) is 31.1 Å². The Balaban J connectivity index is 2.04. The second-order valence-electron chi connectivity index (χ2n) is 5.59. The molecule has 0 radical (unpaired) electrons. The molecule has 0 bridgehead atoms. The Morgan fingerprint density at radius 3 is 2.43 bits per heavy atom. The first-order valence-corrected chi connectivity index (χ1v) is 7.90. The number of amides is 1. The average Bonchev–Trinajstić information content (AvgIpc) is 3.30. The third-order valence-corrected chi connectivity index (χ3v) is 3.87. The predicted octanol–water partition coefficient (Wildman–Crippen LogP) is 2.38. The van der Waals surface area contributed by atoms with Crippen LogP contribution in [0.4, 0.5) is 0 Å². The number of aliphatic carboxylic acids is 1. The van der Waals surface area contributed by atoms with Gasteiger partial charge in [0.25, 0.3) is 0 Å². The number of carboxylic acids is 1. The van der Waals surface area contributed by atoms with Gasteiger partial charge in [0.1, 0.15) is 0 Å². The molecular formula is C17H23NO5. The van der Waals surface area contributed by atoms with Crippen LogP contribution in [0.5, 0.6) is 11.5 Å². The Labute approximate surface area is 135 Å². The van der Waals surface area contributed by atoms with Crippen molar-refractivity contribution in [3.63, 3.8) is 0 Å². The maximum absolute atomic E-state index is 12.1. The van der Waals surface area contributed by atoms with Crippen LogP contribution in [0.15, 0.2) is 18.2 Å². The molecule has 0 aromatic heterocycles. The summed E-state index contributed by atoms with van der Waals surface area (Å²) in [7, 11) is 0. The van der Waals surface area contributed by atoms with Crippen molar-refractivity contribution in [2.45, 2.75) is 33.2 Å². The van der Waals surface area contributed by atoms with Crippen LogP contribution < -0.4 is 14.8 Å². The van der Waals surface area contributed by atoms with Gasteiger partial charge in [-0.05, 0) is 44.9 Å². The minimum atomic E-state index is -0.905. The van der Waals surface area contributed by atoms with Gasteiger partial charge in [0.05, 0.1) is 31.1 Å². The molecule has 0 aliphatic heterocycles. The van der Waals surface area contributed by atoms with Crippen LogP contribution in [0.1, 0.15) is 38.8 Å². The summed E-state index contributed by atoms with van der Waals surface area (Å²) in [6.07, 6.45) is 0.418. The normalized spacial score (nSPS) is 20.5. The standard InChI is InChI=1S/C17H23NO5/c1-4-22-14-7-6-11(8-15(14)23-5-2)10(3)18-16(19)12-9-13(12)17(20)21/h6-8,10,12-13H,4-5,9H2,1-3H3,(H,18,19)(H,20,21)/t10-,12-,13-/m0/s1. The lowest BCUT2D eigenvalue weighted by atomic mass is 10.1. The highest BCUT2D eigenvalue weighted by Crippen LogP contribution is 2.39. The minimum Gasteiger partial charge on any atom is -0.490 e. The van der Waals surface area contributed by atoms with Crippen molar-refractivity contribution < 1.29 is 24.2 Å². The predicted molar refractivity (Wildman–Crippen MR) is 84.6 cm³/mol. The summed E-state index contributed by atoms with van der Waals surface area (Å²) in [6.45, 7) is 6.73. The lowest BCUT2D eigenvalue weighted by Gasteiger charge is -2.17. The fourth-order valence-corrected chi connectivity index (χ4v) is 2.50. The van der Waals surface area contributed by atoms with Gasteiger partial charge in [-0.1, -0.05) is 6.07 Å². The molecule has 6 heteroatoms. The van der Waals surface area contributed by atoms with Crippen molar-refractivity contribution in [3.8, 4) is 11.5 Å². The third kappa shape index (κ3) is 4.15. The molecule has 6 nitrogen and oxygen atoms in total. The van der Waals surface area contributed by atoms with Gasteiger partial charge in [0, 0.05) is 0 Å². The van der Waals surface area contributed by atoms with Crippen molar-refractivity contribution in [3.05, 3.63) is 23.8 Å². The number of nitrogens with one attached hydrogen (secondary N) is 1. The summed E-state index contributed by atoms with van der Waals surface area (Å²) in [4.78, 5) is 22.9. The van der Waals surface area contributed by atoms with Gasteiger partial charge in [-0.2, -0.15) is 0 Å². The van der Waals surface area contributed by atoms with E-state index in [-0.39, 0.29) is 11.9 Å². The zero-order valence-corrected chi connectivity index (χ0v) is 13.7. The van der Waals surface area contributed by atoms with E-state index in [1.54, 1.807) is 0 Å². The van der Waals surface area contributed by atoms with Gasteiger partial charge >= 0.3 is 5.97 Å². The van der Waals surface area contributed by atoms with Crippen LogP contribution >= 0.6 is 0 Å². The Morgan fingerprint density at radius 2 is 1.87 bits per heavy atom. The second kappa shape index (κ2) is 7.35. The molecule has 126 valence electrons. The highest BCUT2D eigenvalue weighted by Gasteiger charge is 2.48. The Kier molecular flexibility index (Phi) is 5.47. The van der Waals surface area contributed by atoms with E-state index in [0.717, 1.165) is 5.56 Å². The molecule has 1 aliphatic carbocycles. The van der Waals surface area contributed by atoms with E-state index in [2.05, 4.69) is 5.32 Å². The van der Waals surface area contributed by atoms with Crippen LogP contribution in [0.25, 0.3) is 0 Å². The number of carbonyl (C=O) groups excluding carboxylic acids is 1. The maximum atomic E-state index is 12.1. The summed E-state index contributed by atoms with van der Waals surface area (Å²) in [6, 6.07) is 5.32. The van der Waals surface area contributed by atoms with E-state index in [1.165, 1.54) is 0 Å². The van der Waals surface area contributed by atoms with Gasteiger partial charge in [-0.15, -0.1) is 0 Å². The number of carboxylic acid groups (broad SMARTS) is 1. The molecule has 1 aromatic rings. The van der Waals surface area contributed by atoms with E-state index in [4.69, 9.17) is 14.6 Å². The molecular weight excluding hydrogens is 298 g/mol. The molecule has 1 aromatic carbocycles. The number of benzene rings is 1. The number of carbonyl (C=O) groups is 2. The van der Waals surface area contributed by atoms with E-state index >= 15 is 0 Å². The van der Waals surface area contributed by atoms with Crippen LogP contribution in [-0.4, -0.2) is 30.2 Å². The fraction of sp³-hybridized carbons (Fsp3) is 0.529. The van der Waals surface area contributed by atoms with Crippen molar-refractivity contribution in [1.82, 2.24) is 5.32 Å². The molecule has 2 rings (SSSR count). The van der Waals surface area contributed by atoms with Crippen molar-refractivity contribution in [2.24, 2.45) is 11.8 Å². The molecule has 1 aliphatic rings. The number of hydrogen-bond acceptors (Lipinski definition) is 4. The summed E-state index contributed by atoms with van der Waals surface area (Å²) in [5, 5.41) is 11.8. The van der Waals surface area contributed by atoms with Crippen LogP contribution in [0.3, 0.4) is 0 Å². The summed E-state index contributed by atoms with van der Waals surface area (Å²) >= 11 is 0. The zero-order valence-electron chi connectivity index (χ0n) is 13.7. The molecule has 1 amide bonds. The molecule has 0 heterocycles. The average molecular weight is 321 g/mol. The van der Waals surface area contributed by atoms with Crippen LogP contribution in [0, 0.1) is 11.8 Å². The largest absolute Gasteiger partial charge is 0.490 e. The Hall–Kier alpha value is -2.24. The van der Waals surface area contributed by atoms with E-state index < -0.39 is 17.8 Å². The first-order chi connectivity index (χ1) is 11.0. The smallest absolute Gasteiger partial charge is 0.307 e. The van der Waals surface area contributed by atoms with Gasteiger partial charge in [-0.25, -0.2) is 0 Å². The quantitative estimate of drug-likeness (QED) is 0.768. The minimum absolute atomic E-state index is 0.211. The summed E-state index contributed by atoms with van der Waals surface area (Å²) < 4.78 is 11.1. The van der Waals surface area contributed by atoms with Gasteiger partial charge in [-0.3, -0.25) is 9.59 Å². The lowest BCUT2D eigenvalue weighted by Crippen LogP contribution is -2.29. The first-order valence-electron chi connectivity index (χ1n) is 7.90. The molecule has 2 N–H and O–H groups in total. The molecule has 0 unspecified atom stereocenters. The number of rotatable bonds is 8. The molecule has 23 heavy (non-hydrogen) atoms. The van der Waals surface area contributed by atoms with Crippen molar-refractivity contribution in [2.75, 3.05) is 13.2 Å². The molecule has 0 spiro atoms. The Bertz CT molecular complexity index is 586. The number of ether oxygens (including phenoxy) is 2. The van der Waals surface area contributed by atoms with Crippen LogP contribution in [0.2, 0.25) is 0 Å². The molecule has 0 saturated heterocycles. The monoisotopic (exact) mass is 321 g/mol. The number of hydrogen-bond donors (Lipinski definition) is 2. The first kappa shape index (κ1) is 17.1. The third-order valence-electron chi connectivity index (χ3n) is 3.87. The van der Waals surface area contributed by atoms with Gasteiger partial charge in [0.15, 0.2) is 11.5 Å². The maximum Gasteiger partial charge on any atom is 0.307 e. The van der Waals surface area contributed by atoms with Crippen molar-refractivity contribution >= 4 is 11.9 Å². The Morgan fingerprint density at radius 1 is 1.22 bits per heavy atom. The zero-order chi connectivity index (χ0) is 17.0. The molecule has 3 atom stereocenters. The van der Waals surface area contributed by atoms with Gasteiger partial charge < -0.3 is 19.9 Å². The van der Waals surface area contributed by atoms with Crippen molar-refractivity contribution in [1.29, 1.82) is 0 Å². The second-order valence-corrected chi connectivity index (χ2v) is 5.59. The highest BCUT2D eigenvalue weighted by atomic mass is 16.5. The SMILES string of the molecule is CCOc1ccc([C@H](C)NC(=O)[C@H]2C[C@@H]2C(=O)O)cc1OCC. The topological polar surface area (TPSA) is 84.9 Å². The van der Waals surface area contributed by atoms with E-state index in [9.17, 15) is 9.59 Å². The summed E-state index contributed by atoms with van der Waals surface area (Å²) in [5.41, 5.74) is 0.887. The van der Waals surface area contributed by atoms with Gasteiger partial charge in [0.2, 0.25) is 5.91 Å². The molecule has 1 saturated carbocycles. The van der Waals surface area contributed by atoms with Crippen LogP contribution in [-0.2, 0) is 9.59 Å².